The second-order valence-electron chi connectivity index (χ2n) is 3.68. The summed E-state index contributed by atoms with van der Waals surface area (Å²) in [5.41, 5.74) is 0. The number of piperidine rings is 1. The lowest BCUT2D eigenvalue weighted by Gasteiger charge is -2.27. The second kappa shape index (κ2) is 5.49. The Bertz CT molecular complexity index is 210. The van der Waals surface area contributed by atoms with Crippen molar-refractivity contribution in [3.63, 3.8) is 0 Å². The van der Waals surface area contributed by atoms with E-state index in [1.807, 2.05) is 0 Å². The van der Waals surface area contributed by atoms with Gasteiger partial charge in [-0.25, -0.2) is 0 Å². The van der Waals surface area contributed by atoms with E-state index in [1.54, 1.807) is 0 Å². The van der Waals surface area contributed by atoms with E-state index in [1.165, 1.54) is 4.90 Å². The Hall–Kier alpha value is -0.380. The SMILES string of the molecule is CCC(CBr)CN1C(=O)CCCC1=O. The van der Waals surface area contributed by atoms with Crippen LogP contribution in [0.3, 0.4) is 0 Å². The van der Waals surface area contributed by atoms with E-state index >= 15 is 0 Å². The van der Waals surface area contributed by atoms with Gasteiger partial charge in [0.2, 0.25) is 11.8 Å². The molecule has 0 N–H and O–H groups in total. The number of carbonyl (C=O) groups excluding carboxylic acids is 2. The number of likely N-dealkylation sites (tertiary alicyclic amines) is 1. The van der Waals surface area contributed by atoms with Crippen molar-refractivity contribution in [2.24, 2.45) is 5.92 Å². The molecular weight excluding hydrogens is 246 g/mol. The maximum atomic E-state index is 11.5. The summed E-state index contributed by atoms with van der Waals surface area (Å²) in [5, 5.41) is 0.848. The molecule has 1 saturated heterocycles. The predicted octanol–water partition coefficient (Wildman–Crippen LogP) is 1.95. The normalized spacial score (nSPS) is 20.0. The summed E-state index contributed by atoms with van der Waals surface area (Å²) in [6, 6.07) is 0. The van der Waals surface area contributed by atoms with E-state index in [-0.39, 0.29) is 11.8 Å². The molecule has 1 atom stereocenters. The molecule has 0 radical (unpaired) electrons. The summed E-state index contributed by atoms with van der Waals surface area (Å²) in [5.74, 6) is 0.391. The Balaban J connectivity index is 2.55. The highest BCUT2D eigenvalue weighted by Crippen LogP contribution is 2.16. The fourth-order valence-electron chi connectivity index (χ4n) is 1.55. The van der Waals surface area contributed by atoms with Gasteiger partial charge in [-0.15, -0.1) is 0 Å². The van der Waals surface area contributed by atoms with Crippen molar-refractivity contribution in [3.05, 3.63) is 0 Å². The van der Waals surface area contributed by atoms with Crippen LogP contribution in [0.4, 0.5) is 0 Å². The van der Waals surface area contributed by atoms with Crippen LogP contribution in [-0.2, 0) is 9.59 Å². The molecule has 1 aliphatic heterocycles. The number of hydrogen-bond donors (Lipinski definition) is 0. The molecule has 0 saturated carbocycles. The van der Waals surface area contributed by atoms with Crippen molar-refractivity contribution in [2.45, 2.75) is 32.6 Å². The summed E-state index contributed by atoms with van der Waals surface area (Å²) in [6.07, 6.45) is 2.77. The second-order valence-corrected chi connectivity index (χ2v) is 4.33. The van der Waals surface area contributed by atoms with E-state index in [0.717, 1.165) is 18.2 Å². The fourth-order valence-corrected chi connectivity index (χ4v) is 2.21. The number of imide groups is 1. The van der Waals surface area contributed by atoms with Crippen LogP contribution < -0.4 is 0 Å². The van der Waals surface area contributed by atoms with Gasteiger partial charge in [0.05, 0.1) is 0 Å². The molecule has 3 nitrogen and oxygen atoms in total. The molecule has 1 fully saturated rings. The van der Waals surface area contributed by atoms with Crippen molar-refractivity contribution in [1.29, 1.82) is 0 Å². The van der Waals surface area contributed by atoms with Gasteiger partial charge in [0.1, 0.15) is 0 Å². The van der Waals surface area contributed by atoms with Crippen LogP contribution in [0.5, 0.6) is 0 Å². The molecule has 80 valence electrons. The van der Waals surface area contributed by atoms with Crippen molar-refractivity contribution < 1.29 is 9.59 Å². The van der Waals surface area contributed by atoms with Gasteiger partial charge in [-0.05, 0) is 12.3 Å². The highest BCUT2D eigenvalue weighted by atomic mass is 79.9. The van der Waals surface area contributed by atoms with Crippen LogP contribution in [0.1, 0.15) is 32.6 Å². The molecule has 14 heavy (non-hydrogen) atoms. The molecule has 0 aliphatic carbocycles. The minimum atomic E-state index is 0.000602. The quantitative estimate of drug-likeness (QED) is 0.573. The van der Waals surface area contributed by atoms with Gasteiger partial charge in [-0.1, -0.05) is 29.3 Å². The van der Waals surface area contributed by atoms with Gasteiger partial charge in [-0.2, -0.15) is 0 Å². The number of amides is 2. The molecular formula is C10H16BrNO2. The van der Waals surface area contributed by atoms with Crippen LogP contribution in [0.2, 0.25) is 0 Å². The molecule has 2 amide bonds. The van der Waals surface area contributed by atoms with Gasteiger partial charge in [0, 0.05) is 24.7 Å². The smallest absolute Gasteiger partial charge is 0.229 e. The first-order valence-electron chi connectivity index (χ1n) is 5.08. The minimum absolute atomic E-state index is 0.000602. The number of halogens is 1. The molecule has 0 bridgehead atoms. The van der Waals surface area contributed by atoms with Crippen molar-refractivity contribution in [2.75, 3.05) is 11.9 Å². The van der Waals surface area contributed by atoms with Crippen LogP contribution in [0.15, 0.2) is 0 Å². The lowest BCUT2D eigenvalue weighted by Crippen LogP contribution is -2.43. The van der Waals surface area contributed by atoms with Crippen LogP contribution in [0, 0.1) is 5.92 Å². The summed E-state index contributed by atoms with van der Waals surface area (Å²) in [6.45, 7) is 2.66. The highest BCUT2D eigenvalue weighted by molar-refractivity contribution is 9.09. The van der Waals surface area contributed by atoms with Crippen LogP contribution >= 0.6 is 15.9 Å². The number of hydrogen-bond acceptors (Lipinski definition) is 2. The number of rotatable bonds is 4. The third-order valence-electron chi connectivity index (χ3n) is 2.62. The predicted molar refractivity (Wildman–Crippen MR) is 58.1 cm³/mol. The molecule has 1 aliphatic rings. The Morgan fingerprint density at radius 3 is 2.36 bits per heavy atom. The highest BCUT2D eigenvalue weighted by Gasteiger charge is 2.27. The van der Waals surface area contributed by atoms with Crippen LogP contribution in [-0.4, -0.2) is 28.6 Å². The number of carbonyl (C=O) groups is 2. The van der Waals surface area contributed by atoms with Crippen molar-refractivity contribution >= 4 is 27.7 Å². The minimum Gasteiger partial charge on any atom is -0.282 e. The third-order valence-corrected chi connectivity index (χ3v) is 3.54. The molecule has 1 rings (SSSR count). The Kier molecular flexibility index (Phi) is 4.58. The largest absolute Gasteiger partial charge is 0.282 e. The van der Waals surface area contributed by atoms with Crippen LogP contribution in [0.25, 0.3) is 0 Å². The van der Waals surface area contributed by atoms with E-state index in [0.29, 0.717) is 25.3 Å². The molecule has 4 heteroatoms. The topological polar surface area (TPSA) is 37.4 Å². The first-order valence-corrected chi connectivity index (χ1v) is 6.20. The summed E-state index contributed by atoms with van der Waals surface area (Å²) in [4.78, 5) is 24.4. The zero-order chi connectivity index (χ0) is 10.6. The third kappa shape index (κ3) is 2.80. The molecule has 0 spiro atoms. The first kappa shape index (κ1) is 11.7. The van der Waals surface area contributed by atoms with E-state index in [2.05, 4.69) is 22.9 Å². The summed E-state index contributed by atoms with van der Waals surface area (Å²) < 4.78 is 0. The molecule has 0 aromatic rings. The number of nitrogens with zero attached hydrogens (tertiary/aromatic N) is 1. The maximum absolute atomic E-state index is 11.5. The van der Waals surface area contributed by atoms with Gasteiger partial charge in [0.25, 0.3) is 0 Å². The van der Waals surface area contributed by atoms with Crippen molar-refractivity contribution in [3.8, 4) is 0 Å². The summed E-state index contributed by atoms with van der Waals surface area (Å²) >= 11 is 3.39. The average Bonchev–Trinajstić information content (AvgIpc) is 2.18. The lowest BCUT2D eigenvalue weighted by atomic mass is 10.0. The van der Waals surface area contributed by atoms with E-state index in [9.17, 15) is 9.59 Å². The fraction of sp³-hybridized carbons (Fsp3) is 0.800. The van der Waals surface area contributed by atoms with E-state index in [4.69, 9.17) is 0 Å². The van der Waals surface area contributed by atoms with E-state index < -0.39 is 0 Å². The van der Waals surface area contributed by atoms with Gasteiger partial charge < -0.3 is 0 Å². The van der Waals surface area contributed by atoms with Gasteiger partial charge >= 0.3 is 0 Å². The Morgan fingerprint density at radius 1 is 1.36 bits per heavy atom. The monoisotopic (exact) mass is 261 g/mol. The standard InChI is InChI=1S/C10H16BrNO2/c1-2-8(6-11)7-12-9(13)4-3-5-10(12)14/h8H,2-7H2,1H3. The van der Waals surface area contributed by atoms with Crippen molar-refractivity contribution in [1.82, 2.24) is 4.90 Å². The molecule has 0 aromatic heterocycles. The molecule has 1 unspecified atom stereocenters. The zero-order valence-corrected chi connectivity index (χ0v) is 10.0. The first-order chi connectivity index (χ1) is 6.69. The Labute approximate surface area is 93.0 Å². The Morgan fingerprint density at radius 2 is 1.93 bits per heavy atom. The van der Waals surface area contributed by atoms with Gasteiger partial charge in [-0.3, -0.25) is 14.5 Å². The number of alkyl halides is 1. The zero-order valence-electron chi connectivity index (χ0n) is 8.46. The summed E-state index contributed by atoms with van der Waals surface area (Å²) in [7, 11) is 0. The maximum Gasteiger partial charge on any atom is 0.229 e. The molecule has 1 heterocycles. The van der Waals surface area contributed by atoms with Gasteiger partial charge in [0.15, 0.2) is 0 Å². The average molecular weight is 262 g/mol. The molecule has 0 aromatic carbocycles. The lowest BCUT2D eigenvalue weighted by molar-refractivity contribution is -0.148.